The van der Waals surface area contributed by atoms with Gasteiger partial charge in [-0.15, -0.1) is 24.0 Å². The zero-order valence-corrected chi connectivity index (χ0v) is 21.7. The molecule has 2 aromatic rings. The molecule has 1 aromatic heterocycles. The molecule has 1 aromatic carbocycles. The van der Waals surface area contributed by atoms with Crippen LogP contribution >= 0.6 is 24.0 Å². The first-order chi connectivity index (χ1) is 14.7. The standard InChI is InChI=1S/C24H38N6.HI/c1-25-24(28(3)21-23-12-9-14-27(23)2)26-13-7-8-15-29-16-18-30(19-17-29)20-22-10-5-4-6-11-22;/h4-6,9-12,14H,7-8,13,15-21H2,1-3H3,(H,25,26);1H. The Hall–Kier alpha value is -1.58. The molecule has 0 saturated carbocycles. The Labute approximate surface area is 205 Å². The maximum atomic E-state index is 4.43. The van der Waals surface area contributed by atoms with Gasteiger partial charge in [-0.2, -0.15) is 0 Å². The maximum Gasteiger partial charge on any atom is 0.193 e. The molecule has 1 aliphatic rings. The minimum Gasteiger partial charge on any atom is -0.356 e. The number of benzene rings is 1. The van der Waals surface area contributed by atoms with Crippen molar-refractivity contribution >= 4 is 29.9 Å². The van der Waals surface area contributed by atoms with E-state index in [2.05, 4.69) is 92.3 Å². The Bertz CT molecular complexity index is 767. The van der Waals surface area contributed by atoms with Gasteiger partial charge < -0.3 is 19.7 Å². The summed E-state index contributed by atoms with van der Waals surface area (Å²) in [6.07, 6.45) is 4.48. The molecule has 7 heteroatoms. The highest BCUT2D eigenvalue weighted by Gasteiger charge is 2.16. The van der Waals surface area contributed by atoms with Crippen LogP contribution in [-0.4, -0.2) is 78.6 Å². The Kier molecular flexibility index (Phi) is 11.4. The summed E-state index contributed by atoms with van der Waals surface area (Å²) in [5.74, 6) is 0.964. The number of aryl methyl sites for hydroxylation is 1. The van der Waals surface area contributed by atoms with Crippen LogP contribution in [0.3, 0.4) is 0 Å². The predicted molar refractivity (Wildman–Crippen MR) is 141 cm³/mol. The second-order valence-corrected chi connectivity index (χ2v) is 8.25. The van der Waals surface area contributed by atoms with Crippen LogP contribution < -0.4 is 5.32 Å². The number of rotatable bonds is 9. The van der Waals surface area contributed by atoms with Crippen molar-refractivity contribution in [2.24, 2.45) is 12.0 Å². The highest BCUT2D eigenvalue weighted by Crippen LogP contribution is 2.09. The van der Waals surface area contributed by atoms with Crippen LogP contribution in [0.15, 0.2) is 53.7 Å². The van der Waals surface area contributed by atoms with Crippen LogP contribution in [0.25, 0.3) is 0 Å². The molecule has 0 spiro atoms. The van der Waals surface area contributed by atoms with Gasteiger partial charge in [-0.25, -0.2) is 0 Å². The maximum absolute atomic E-state index is 4.43. The van der Waals surface area contributed by atoms with E-state index in [-0.39, 0.29) is 24.0 Å². The molecule has 0 amide bonds. The fourth-order valence-corrected chi connectivity index (χ4v) is 4.04. The van der Waals surface area contributed by atoms with E-state index in [0.717, 1.165) is 25.6 Å². The molecule has 2 heterocycles. The predicted octanol–water partition coefficient (Wildman–Crippen LogP) is 3.25. The van der Waals surface area contributed by atoms with E-state index in [0.29, 0.717) is 0 Å². The SMILES string of the molecule is CN=C(NCCCCN1CCN(Cc2ccccc2)CC1)N(C)Cc1cccn1C.I. The van der Waals surface area contributed by atoms with Gasteiger partial charge in [0.2, 0.25) is 0 Å². The van der Waals surface area contributed by atoms with Gasteiger partial charge in [-0.1, -0.05) is 30.3 Å². The minimum absolute atomic E-state index is 0. The number of halogens is 1. The summed E-state index contributed by atoms with van der Waals surface area (Å²) in [6, 6.07) is 15.0. The van der Waals surface area contributed by atoms with E-state index in [1.807, 2.05) is 7.05 Å². The lowest BCUT2D eigenvalue weighted by Crippen LogP contribution is -2.46. The van der Waals surface area contributed by atoms with Crippen molar-refractivity contribution in [3.8, 4) is 0 Å². The highest BCUT2D eigenvalue weighted by molar-refractivity contribution is 14.0. The Morgan fingerprint density at radius 1 is 1.00 bits per heavy atom. The lowest BCUT2D eigenvalue weighted by Gasteiger charge is -2.34. The molecule has 1 aliphatic heterocycles. The molecule has 172 valence electrons. The molecule has 0 bridgehead atoms. The Balaban J connectivity index is 0.00000341. The number of nitrogens with zero attached hydrogens (tertiary/aromatic N) is 5. The topological polar surface area (TPSA) is 39.0 Å². The number of aliphatic imine (C=N–C) groups is 1. The second kappa shape index (κ2) is 13.8. The average molecular weight is 539 g/mol. The lowest BCUT2D eigenvalue weighted by molar-refractivity contribution is 0.126. The van der Waals surface area contributed by atoms with Crippen molar-refractivity contribution in [3.05, 3.63) is 59.9 Å². The normalized spacial score (nSPS) is 15.5. The fourth-order valence-electron chi connectivity index (χ4n) is 4.04. The Morgan fingerprint density at radius 2 is 1.71 bits per heavy atom. The fraction of sp³-hybridized carbons (Fsp3) is 0.542. The lowest BCUT2D eigenvalue weighted by atomic mass is 10.2. The van der Waals surface area contributed by atoms with Gasteiger partial charge in [0.15, 0.2) is 5.96 Å². The van der Waals surface area contributed by atoms with Gasteiger partial charge in [-0.05, 0) is 37.1 Å². The molecule has 0 unspecified atom stereocenters. The van der Waals surface area contributed by atoms with Crippen molar-refractivity contribution in [3.63, 3.8) is 0 Å². The molecule has 31 heavy (non-hydrogen) atoms. The average Bonchev–Trinajstić information content (AvgIpc) is 3.17. The highest BCUT2D eigenvalue weighted by atomic mass is 127. The molecule has 3 rings (SSSR count). The summed E-state index contributed by atoms with van der Waals surface area (Å²) in [4.78, 5) is 11.8. The number of unbranched alkanes of at least 4 members (excludes halogenated alkanes) is 1. The van der Waals surface area contributed by atoms with Crippen LogP contribution in [-0.2, 0) is 20.1 Å². The van der Waals surface area contributed by atoms with Crippen molar-refractivity contribution in [1.82, 2.24) is 24.6 Å². The number of piperazine rings is 1. The van der Waals surface area contributed by atoms with Gasteiger partial charge in [0.05, 0.1) is 6.54 Å². The molecular formula is C24H39IN6. The van der Waals surface area contributed by atoms with Gasteiger partial charge >= 0.3 is 0 Å². The molecule has 1 saturated heterocycles. The smallest absolute Gasteiger partial charge is 0.193 e. The quantitative estimate of drug-likeness (QED) is 0.230. The van der Waals surface area contributed by atoms with Crippen LogP contribution in [0.1, 0.15) is 24.1 Å². The monoisotopic (exact) mass is 538 g/mol. The second-order valence-electron chi connectivity index (χ2n) is 8.25. The van der Waals surface area contributed by atoms with Gasteiger partial charge in [0.25, 0.3) is 0 Å². The van der Waals surface area contributed by atoms with Crippen molar-refractivity contribution in [1.29, 1.82) is 0 Å². The number of hydrogen-bond donors (Lipinski definition) is 1. The van der Waals surface area contributed by atoms with E-state index in [1.54, 1.807) is 0 Å². The molecule has 0 atom stereocenters. The van der Waals surface area contributed by atoms with E-state index in [4.69, 9.17) is 0 Å². The van der Waals surface area contributed by atoms with Crippen LogP contribution in [0.2, 0.25) is 0 Å². The van der Waals surface area contributed by atoms with Gasteiger partial charge in [0.1, 0.15) is 0 Å². The third kappa shape index (κ3) is 8.46. The molecule has 0 aliphatic carbocycles. The van der Waals surface area contributed by atoms with Crippen LogP contribution in [0.4, 0.5) is 0 Å². The largest absolute Gasteiger partial charge is 0.356 e. The van der Waals surface area contributed by atoms with Crippen molar-refractivity contribution in [2.45, 2.75) is 25.9 Å². The number of hydrogen-bond acceptors (Lipinski definition) is 3. The van der Waals surface area contributed by atoms with Crippen LogP contribution in [0, 0.1) is 0 Å². The zero-order chi connectivity index (χ0) is 21.2. The summed E-state index contributed by atoms with van der Waals surface area (Å²) in [7, 11) is 6.04. The van der Waals surface area contributed by atoms with E-state index < -0.39 is 0 Å². The minimum atomic E-state index is 0. The van der Waals surface area contributed by atoms with E-state index in [1.165, 1.54) is 56.8 Å². The number of nitrogens with one attached hydrogen (secondary N) is 1. The molecule has 1 fully saturated rings. The summed E-state index contributed by atoms with van der Waals surface area (Å²) < 4.78 is 2.16. The summed E-state index contributed by atoms with van der Waals surface area (Å²) >= 11 is 0. The summed E-state index contributed by atoms with van der Waals surface area (Å²) in [6.45, 7) is 8.80. The van der Waals surface area contributed by atoms with E-state index in [9.17, 15) is 0 Å². The zero-order valence-electron chi connectivity index (χ0n) is 19.3. The number of aromatic nitrogens is 1. The third-order valence-electron chi connectivity index (χ3n) is 5.92. The van der Waals surface area contributed by atoms with Crippen molar-refractivity contribution in [2.75, 3.05) is 53.4 Å². The first-order valence-corrected chi connectivity index (χ1v) is 11.2. The molecule has 1 N–H and O–H groups in total. The summed E-state index contributed by atoms with van der Waals surface area (Å²) in [5, 5.41) is 3.51. The summed E-state index contributed by atoms with van der Waals surface area (Å²) in [5.41, 5.74) is 2.70. The van der Waals surface area contributed by atoms with Gasteiger partial charge in [0, 0.05) is 72.3 Å². The molecular weight excluding hydrogens is 499 g/mol. The third-order valence-corrected chi connectivity index (χ3v) is 5.92. The van der Waals surface area contributed by atoms with E-state index >= 15 is 0 Å². The van der Waals surface area contributed by atoms with Crippen molar-refractivity contribution < 1.29 is 0 Å². The first kappa shape index (κ1) is 25.7. The number of guanidine groups is 1. The van der Waals surface area contributed by atoms with Crippen LogP contribution in [0.5, 0.6) is 0 Å². The molecule has 6 nitrogen and oxygen atoms in total. The van der Waals surface area contributed by atoms with Gasteiger partial charge in [-0.3, -0.25) is 9.89 Å². The Morgan fingerprint density at radius 3 is 2.35 bits per heavy atom. The molecule has 0 radical (unpaired) electrons. The first-order valence-electron chi connectivity index (χ1n) is 11.2.